The van der Waals surface area contributed by atoms with Gasteiger partial charge in [-0.05, 0) is 45.5 Å². The molecule has 1 aliphatic heterocycles. The van der Waals surface area contributed by atoms with Gasteiger partial charge in [-0.2, -0.15) is 0 Å². The maximum Gasteiger partial charge on any atom is 0.242 e. The van der Waals surface area contributed by atoms with Crippen molar-refractivity contribution in [2.24, 2.45) is 0 Å². The van der Waals surface area contributed by atoms with Gasteiger partial charge in [-0.3, -0.25) is 4.90 Å². The highest BCUT2D eigenvalue weighted by Gasteiger charge is 2.21. The van der Waals surface area contributed by atoms with E-state index in [1.54, 1.807) is 12.3 Å². The molecule has 0 radical (unpaired) electrons. The molecule has 0 aromatic carbocycles. The smallest absolute Gasteiger partial charge is 0.242 e. The van der Waals surface area contributed by atoms with Gasteiger partial charge in [0.25, 0.3) is 0 Å². The van der Waals surface area contributed by atoms with Crippen molar-refractivity contribution in [2.75, 3.05) is 26.2 Å². The number of aromatic nitrogens is 1. The average Bonchev–Trinajstić information content (AvgIpc) is 3.13. The number of hydrogen-bond donors (Lipinski definition) is 3. The highest BCUT2D eigenvalue weighted by molar-refractivity contribution is 7.89. The molecular weight excluding hydrogens is 288 g/mol. The zero-order valence-electron chi connectivity index (χ0n) is 12.9. The Bertz CT molecular complexity index is 535. The first-order chi connectivity index (χ1) is 10.0. The minimum atomic E-state index is -3.42. The quantitative estimate of drug-likeness (QED) is 0.666. The SMILES string of the molecule is CCNCc1cc(S(=O)(=O)NCC(C)N2CCCC2)c[nH]1. The van der Waals surface area contributed by atoms with Crippen LogP contribution in [0.15, 0.2) is 17.2 Å². The van der Waals surface area contributed by atoms with Crippen molar-refractivity contribution >= 4 is 10.0 Å². The Labute approximate surface area is 127 Å². The number of aromatic amines is 1. The van der Waals surface area contributed by atoms with Gasteiger partial charge in [-0.1, -0.05) is 6.92 Å². The van der Waals surface area contributed by atoms with E-state index in [0.717, 1.165) is 25.3 Å². The fourth-order valence-electron chi connectivity index (χ4n) is 2.56. The summed E-state index contributed by atoms with van der Waals surface area (Å²) in [5.41, 5.74) is 0.879. The van der Waals surface area contributed by atoms with Crippen LogP contribution in [0.25, 0.3) is 0 Å². The minimum absolute atomic E-state index is 0.238. The molecule has 21 heavy (non-hydrogen) atoms. The van der Waals surface area contributed by atoms with E-state index in [1.165, 1.54) is 12.8 Å². The molecule has 1 atom stereocenters. The molecular formula is C14H26N4O2S. The lowest BCUT2D eigenvalue weighted by atomic mass is 10.3. The molecule has 1 unspecified atom stereocenters. The van der Waals surface area contributed by atoms with E-state index in [9.17, 15) is 8.42 Å². The van der Waals surface area contributed by atoms with Gasteiger partial charge in [0, 0.05) is 31.0 Å². The largest absolute Gasteiger partial charge is 0.363 e. The zero-order chi connectivity index (χ0) is 15.3. The number of sulfonamides is 1. The summed E-state index contributed by atoms with van der Waals surface area (Å²) in [6.07, 6.45) is 3.97. The molecule has 1 aromatic heterocycles. The van der Waals surface area contributed by atoms with E-state index in [0.29, 0.717) is 18.0 Å². The first-order valence-electron chi connectivity index (χ1n) is 7.64. The van der Waals surface area contributed by atoms with E-state index >= 15 is 0 Å². The van der Waals surface area contributed by atoms with Crippen molar-refractivity contribution in [2.45, 2.75) is 44.2 Å². The van der Waals surface area contributed by atoms with Crippen molar-refractivity contribution in [1.29, 1.82) is 0 Å². The Morgan fingerprint density at radius 3 is 2.76 bits per heavy atom. The molecule has 3 N–H and O–H groups in total. The molecule has 0 bridgehead atoms. The topological polar surface area (TPSA) is 77.2 Å². The summed E-state index contributed by atoms with van der Waals surface area (Å²) in [6, 6.07) is 1.92. The van der Waals surface area contributed by atoms with Crippen LogP contribution >= 0.6 is 0 Å². The van der Waals surface area contributed by atoms with Gasteiger partial charge in [0.2, 0.25) is 10.0 Å². The predicted molar refractivity (Wildman–Crippen MR) is 83.6 cm³/mol. The van der Waals surface area contributed by atoms with E-state index in [2.05, 4.69) is 26.8 Å². The van der Waals surface area contributed by atoms with Crippen LogP contribution < -0.4 is 10.0 Å². The molecule has 7 heteroatoms. The van der Waals surface area contributed by atoms with Crippen molar-refractivity contribution in [1.82, 2.24) is 19.9 Å². The Hall–Kier alpha value is -0.890. The van der Waals surface area contributed by atoms with Gasteiger partial charge in [0.1, 0.15) is 0 Å². The van der Waals surface area contributed by atoms with Gasteiger partial charge in [0.05, 0.1) is 4.90 Å². The maximum absolute atomic E-state index is 12.3. The van der Waals surface area contributed by atoms with Gasteiger partial charge in [-0.15, -0.1) is 0 Å². The van der Waals surface area contributed by atoms with Crippen LogP contribution in [0.1, 0.15) is 32.4 Å². The zero-order valence-corrected chi connectivity index (χ0v) is 13.7. The standard InChI is InChI=1S/C14H26N4O2S/c1-3-15-10-13-8-14(11-16-13)21(19,20)17-9-12(2)18-6-4-5-7-18/h8,11-12,15-17H,3-7,9-10H2,1-2H3. The summed E-state index contributed by atoms with van der Waals surface area (Å²) in [7, 11) is -3.42. The van der Waals surface area contributed by atoms with E-state index < -0.39 is 10.0 Å². The van der Waals surface area contributed by atoms with Crippen LogP contribution in [-0.4, -0.2) is 50.5 Å². The lowest BCUT2D eigenvalue weighted by Gasteiger charge is -2.23. The van der Waals surface area contributed by atoms with E-state index in [4.69, 9.17) is 0 Å². The Morgan fingerprint density at radius 2 is 2.10 bits per heavy atom. The normalized spacial score (nSPS) is 18.2. The van der Waals surface area contributed by atoms with Gasteiger partial charge < -0.3 is 10.3 Å². The highest BCUT2D eigenvalue weighted by atomic mass is 32.2. The summed E-state index contributed by atoms with van der Waals surface area (Å²) in [5, 5.41) is 3.16. The summed E-state index contributed by atoms with van der Waals surface area (Å²) < 4.78 is 27.2. The summed E-state index contributed by atoms with van der Waals surface area (Å²) >= 11 is 0. The number of likely N-dealkylation sites (tertiary alicyclic amines) is 1. The maximum atomic E-state index is 12.3. The van der Waals surface area contributed by atoms with E-state index in [-0.39, 0.29) is 6.04 Å². The van der Waals surface area contributed by atoms with Crippen LogP contribution in [0.5, 0.6) is 0 Å². The lowest BCUT2D eigenvalue weighted by molar-refractivity contribution is 0.260. The molecule has 120 valence electrons. The van der Waals surface area contributed by atoms with E-state index in [1.807, 2.05) is 6.92 Å². The van der Waals surface area contributed by atoms with Crippen molar-refractivity contribution in [3.63, 3.8) is 0 Å². The molecule has 2 rings (SSSR count). The second-order valence-corrected chi connectivity index (χ2v) is 7.35. The van der Waals surface area contributed by atoms with Gasteiger partial charge in [-0.25, -0.2) is 13.1 Å². The van der Waals surface area contributed by atoms with Crippen LogP contribution in [0.3, 0.4) is 0 Å². The fraction of sp³-hybridized carbons (Fsp3) is 0.714. The van der Waals surface area contributed by atoms with Crippen LogP contribution in [0, 0.1) is 0 Å². The molecule has 1 aliphatic rings. The van der Waals surface area contributed by atoms with Crippen LogP contribution in [0.4, 0.5) is 0 Å². The second kappa shape index (κ2) is 7.40. The van der Waals surface area contributed by atoms with Crippen LogP contribution in [-0.2, 0) is 16.6 Å². The molecule has 0 aliphatic carbocycles. The third-order valence-electron chi connectivity index (χ3n) is 3.92. The first-order valence-corrected chi connectivity index (χ1v) is 9.13. The summed E-state index contributed by atoms with van der Waals surface area (Å²) in [4.78, 5) is 5.64. The molecule has 0 amide bonds. The van der Waals surface area contributed by atoms with Crippen molar-refractivity contribution in [3.05, 3.63) is 18.0 Å². The molecule has 1 aromatic rings. The summed E-state index contributed by atoms with van der Waals surface area (Å²) in [6.45, 7) is 8.18. The number of nitrogens with zero attached hydrogens (tertiary/aromatic N) is 1. The fourth-order valence-corrected chi connectivity index (χ4v) is 3.70. The average molecular weight is 314 g/mol. The molecule has 6 nitrogen and oxygen atoms in total. The predicted octanol–water partition coefficient (Wildman–Crippen LogP) is 0.887. The minimum Gasteiger partial charge on any atom is -0.363 e. The third-order valence-corrected chi connectivity index (χ3v) is 5.33. The van der Waals surface area contributed by atoms with Gasteiger partial charge >= 0.3 is 0 Å². The molecule has 1 saturated heterocycles. The number of rotatable bonds is 8. The number of H-pyrrole nitrogens is 1. The molecule has 0 spiro atoms. The number of hydrogen-bond acceptors (Lipinski definition) is 4. The molecule has 1 fully saturated rings. The Kier molecular flexibility index (Phi) is 5.80. The molecule has 2 heterocycles. The first kappa shape index (κ1) is 16.5. The summed E-state index contributed by atoms with van der Waals surface area (Å²) in [5.74, 6) is 0. The van der Waals surface area contributed by atoms with Crippen molar-refractivity contribution in [3.8, 4) is 0 Å². The number of nitrogens with one attached hydrogen (secondary N) is 3. The lowest BCUT2D eigenvalue weighted by Crippen LogP contribution is -2.40. The molecule has 0 saturated carbocycles. The highest BCUT2D eigenvalue weighted by Crippen LogP contribution is 2.13. The third kappa shape index (κ3) is 4.54. The van der Waals surface area contributed by atoms with Crippen molar-refractivity contribution < 1.29 is 8.42 Å². The second-order valence-electron chi connectivity index (χ2n) is 5.58. The Balaban J connectivity index is 1.90. The van der Waals surface area contributed by atoms with Gasteiger partial charge in [0.15, 0.2) is 0 Å². The monoisotopic (exact) mass is 314 g/mol. The Morgan fingerprint density at radius 1 is 1.38 bits per heavy atom. The van der Waals surface area contributed by atoms with Crippen LogP contribution in [0.2, 0.25) is 0 Å².